The van der Waals surface area contributed by atoms with Gasteiger partial charge in [0.1, 0.15) is 0 Å². The van der Waals surface area contributed by atoms with Crippen molar-refractivity contribution in [2.24, 2.45) is 5.73 Å². The Hall–Kier alpha value is -0.420. The molecule has 0 saturated carbocycles. The minimum absolute atomic E-state index is 0.320. The van der Waals surface area contributed by atoms with Gasteiger partial charge in [0, 0.05) is 36.0 Å². The molecule has 116 valence electrons. The van der Waals surface area contributed by atoms with E-state index in [1.807, 2.05) is 11.3 Å². The maximum absolute atomic E-state index is 6.10. The van der Waals surface area contributed by atoms with Gasteiger partial charge in [-0.25, -0.2) is 0 Å². The summed E-state index contributed by atoms with van der Waals surface area (Å²) >= 11 is 1.90. The van der Waals surface area contributed by atoms with Gasteiger partial charge in [-0.15, -0.1) is 11.3 Å². The molecule has 0 radical (unpaired) electrons. The number of hydrogen-bond acceptors (Lipinski definition) is 4. The lowest BCUT2D eigenvalue weighted by molar-refractivity contribution is 0.0830. The molecule has 1 heterocycles. The molecule has 0 spiro atoms. The highest BCUT2D eigenvalue weighted by Gasteiger charge is 2.25. The van der Waals surface area contributed by atoms with Crippen molar-refractivity contribution >= 4 is 11.3 Å². The SMILES string of the molecule is CCc1ccc(C(CN)N(CCOC)C(CC)CC)s1. The molecule has 1 rings (SSSR count). The first-order valence-corrected chi connectivity index (χ1v) is 8.56. The summed E-state index contributed by atoms with van der Waals surface area (Å²) in [6, 6.07) is 5.39. The summed E-state index contributed by atoms with van der Waals surface area (Å²) in [5, 5.41) is 0. The monoisotopic (exact) mass is 298 g/mol. The van der Waals surface area contributed by atoms with E-state index in [0.29, 0.717) is 18.6 Å². The quantitative estimate of drug-likeness (QED) is 0.719. The molecule has 1 unspecified atom stereocenters. The number of methoxy groups -OCH3 is 1. The van der Waals surface area contributed by atoms with Crippen molar-refractivity contribution in [1.82, 2.24) is 4.90 Å². The molecule has 20 heavy (non-hydrogen) atoms. The highest BCUT2D eigenvalue weighted by atomic mass is 32.1. The van der Waals surface area contributed by atoms with Crippen LogP contribution in [0.4, 0.5) is 0 Å². The van der Waals surface area contributed by atoms with Crippen LogP contribution >= 0.6 is 11.3 Å². The first kappa shape index (κ1) is 17.6. The Balaban J connectivity index is 2.93. The summed E-state index contributed by atoms with van der Waals surface area (Å²) in [6.07, 6.45) is 3.41. The van der Waals surface area contributed by atoms with Gasteiger partial charge < -0.3 is 10.5 Å². The van der Waals surface area contributed by atoms with Crippen LogP contribution < -0.4 is 5.73 Å². The molecule has 0 saturated heterocycles. The molecule has 0 aliphatic rings. The Labute approximate surface area is 128 Å². The molecular weight excluding hydrogens is 268 g/mol. The molecule has 1 aromatic heterocycles. The molecule has 0 aromatic carbocycles. The van der Waals surface area contributed by atoms with Crippen LogP contribution in [0, 0.1) is 0 Å². The lowest BCUT2D eigenvalue weighted by atomic mass is 10.1. The first-order chi connectivity index (χ1) is 9.71. The third kappa shape index (κ3) is 4.55. The number of aryl methyl sites for hydroxylation is 1. The second-order valence-corrected chi connectivity index (χ2v) is 6.31. The van der Waals surface area contributed by atoms with Crippen molar-refractivity contribution < 1.29 is 4.74 Å². The maximum Gasteiger partial charge on any atom is 0.0590 e. The molecule has 1 aromatic rings. The van der Waals surface area contributed by atoms with Gasteiger partial charge >= 0.3 is 0 Å². The van der Waals surface area contributed by atoms with Crippen molar-refractivity contribution in [3.63, 3.8) is 0 Å². The second kappa shape index (κ2) is 9.50. The van der Waals surface area contributed by atoms with Gasteiger partial charge in [0.25, 0.3) is 0 Å². The Bertz CT molecular complexity index is 363. The first-order valence-electron chi connectivity index (χ1n) is 7.75. The fourth-order valence-corrected chi connectivity index (χ4v) is 3.81. The third-order valence-corrected chi connectivity index (χ3v) is 5.28. The fraction of sp³-hybridized carbons (Fsp3) is 0.750. The number of thiophene rings is 1. The third-order valence-electron chi connectivity index (χ3n) is 3.95. The van der Waals surface area contributed by atoms with Gasteiger partial charge in [-0.05, 0) is 31.4 Å². The Morgan fingerprint density at radius 2 is 1.95 bits per heavy atom. The van der Waals surface area contributed by atoms with E-state index in [1.165, 1.54) is 9.75 Å². The van der Waals surface area contributed by atoms with Crippen LogP contribution in [0.1, 0.15) is 49.4 Å². The number of nitrogens with zero attached hydrogens (tertiary/aromatic N) is 1. The largest absolute Gasteiger partial charge is 0.383 e. The molecule has 0 amide bonds. The average molecular weight is 298 g/mol. The minimum atomic E-state index is 0.320. The zero-order chi connectivity index (χ0) is 15.0. The zero-order valence-electron chi connectivity index (χ0n) is 13.4. The normalized spacial score (nSPS) is 13.3. The van der Waals surface area contributed by atoms with E-state index in [9.17, 15) is 0 Å². The van der Waals surface area contributed by atoms with E-state index in [1.54, 1.807) is 7.11 Å². The number of ether oxygens (including phenoxy) is 1. The van der Waals surface area contributed by atoms with Crippen LogP contribution in [-0.4, -0.2) is 37.7 Å². The molecule has 0 aliphatic carbocycles. The van der Waals surface area contributed by atoms with Gasteiger partial charge in [0.15, 0.2) is 0 Å². The van der Waals surface area contributed by atoms with Gasteiger partial charge in [-0.2, -0.15) is 0 Å². The summed E-state index contributed by atoms with van der Waals surface area (Å²) < 4.78 is 5.29. The number of hydrogen-bond donors (Lipinski definition) is 1. The lowest BCUT2D eigenvalue weighted by Crippen LogP contribution is -2.42. The molecule has 2 N–H and O–H groups in total. The summed E-state index contributed by atoms with van der Waals surface area (Å²) in [6.45, 7) is 9.10. The summed E-state index contributed by atoms with van der Waals surface area (Å²) in [5.41, 5.74) is 6.10. The van der Waals surface area contributed by atoms with E-state index >= 15 is 0 Å². The van der Waals surface area contributed by atoms with E-state index < -0.39 is 0 Å². The van der Waals surface area contributed by atoms with Crippen LogP contribution in [-0.2, 0) is 11.2 Å². The van der Waals surface area contributed by atoms with Crippen molar-refractivity contribution in [1.29, 1.82) is 0 Å². The highest BCUT2D eigenvalue weighted by molar-refractivity contribution is 7.12. The second-order valence-electron chi connectivity index (χ2n) is 5.11. The standard InChI is InChI=1S/C16H30N2OS/c1-5-13(6-2)18(10-11-19-4)15(12-17)16-9-8-14(7-3)20-16/h8-9,13,15H,5-7,10-12,17H2,1-4H3. The van der Waals surface area contributed by atoms with Crippen LogP contribution in [0.2, 0.25) is 0 Å². The number of rotatable bonds is 10. The van der Waals surface area contributed by atoms with Crippen molar-refractivity contribution in [2.45, 2.75) is 52.1 Å². The minimum Gasteiger partial charge on any atom is -0.383 e. The number of nitrogens with two attached hydrogens (primary N) is 1. The molecule has 0 bridgehead atoms. The molecule has 4 heteroatoms. The van der Waals surface area contributed by atoms with E-state index in [2.05, 4.69) is 37.8 Å². The fourth-order valence-electron chi connectivity index (χ4n) is 2.73. The summed E-state index contributed by atoms with van der Waals surface area (Å²) in [5.74, 6) is 0. The molecule has 0 fully saturated rings. The molecular formula is C16H30N2OS. The predicted molar refractivity (Wildman–Crippen MR) is 88.4 cm³/mol. The van der Waals surface area contributed by atoms with Gasteiger partial charge in [-0.1, -0.05) is 20.8 Å². The van der Waals surface area contributed by atoms with Crippen LogP contribution in [0.5, 0.6) is 0 Å². The van der Waals surface area contributed by atoms with Crippen molar-refractivity contribution in [2.75, 3.05) is 26.8 Å². The van der Waals surface area contributed by atoms with Crippen LogP contribution in [0.15, 0.2) is 12.1 Å². The molecule has 0 aliphatic heterocycles. The van der Waals surface area contributed by atoms with Crippen molar-refractivity contribution in [3.05, 3.63) is 21.9 Å². The van der Waals surface area contributed by atoms with Gasteiger partial charge in [-0.3, -0.25) is 4.90 Å². The maximum atomic E-state index is 6.10. The van der Waals surface area contributed by atoms with E-state index in [0.717, 1.165) is 32.4 Å². The summed E-state index contributed by atoms with van der Waals surface area (Å²) in [7, 11) is 1.77. The lowest BCUT2D eigenvalue weighted by Gasteiger charge is -2.36. The highest BCUT2D eigenvalue weighted by Crippen LogP contribution is 2.30. The summed E-state index contributed by atoms with van der Waals surface area (Å²) in [4.78, 5) is 5.37. The Kier molecular flexibility index (Phi) is 8.38. The average Bonchev–Trinajstić information content (AvgIpc) is 2.94. The van der Waals surface area contributed by atoms with Gasteiger partial charge in [0.2, 0.25) is 0 Å². The van der Waals surface area contributed by atoms with Gasteiger partial charge in [0.05, 0.1) is 12.6 Å². The van der Waals surface area contributed by atoms with Crippen LogP contribution in [0.3, 0.4) is 0 Å². The Morgan fingerprint density at radius 1 is 1.25 bits per heavy atom. The predicted octanol–water partition coefficient (Wildman–Crippen LogP) is 3.45. The topological polar surface area (TPSA) is 38.5 Å². The molecule has 3 nitrogen and oxygen atoms in total. The van der Waals surface area contributed by atoms with E-state index in [4.69, 9.17) is 10.5 Å². The molecule has 1 atom stereocenters. The van der Waals surface area contributed by atoms with Crippen LogP contribution in [0.25, 0.3) is 0 Å². The van der Waals surface area contributed by atoms with E-state index in [-0.39, 0.29) is 0 Å². The smallest absolute Gasteiger partial charge is 0.0590 e. The zero-order valence-corrected chi connectivity index (χ0v) is 14.2. The van der Waals surface area contributed by atoms with Crippen molar-refractivity contribution in [3.8, 4) is 0 Å². The Morgan fingerprint density at radius 3 is 2.40 bits per heavy atom.